The van der Waals surface area contributed by atoms with Crippen LogP contribution in [0.5, 0.6) is 0 Å². The van der Waals surface area contributed by atoms with Crippen LogP contribution in [0.3, 0.4) is 0 Å². The molecule has 1 saturated carbocycles. The predicted octanol–water partition coefficient (Wildman–Crippen LogP) is 4.64. The van der Waals surface area contributed by atoms with Crippen molar-refractivity contribution in [3.63, 3.8) is 0 Å². The summed E-state index contributed by atoms with van der Waals surface area (Å²) in [6.07, 6.45) is 7.43. The van der Waals surface area contributed by atoms with E-state index >= 15 is 0 Å². The fourth-order valence-electron chi connectivity index (χ4n) is 3.47. The maximum absolute atomic E-state index is 12.4. The van der Waals surface area contributed by atoms with Gasteiger partial charge in [-0.3, -0.25) is 9.59 Å². The van der Waals surface area contributed by atoms with Crippen molar-refractivity contribution in [2.75, 3.05) is 18.5 Å². The molecule has 0 spiro atoms. The van der Waals surface area contributed by atoms with Gasteiger partial charge < -0.3 is 19.2 Å². The summed E-state index contributed by atoms with van der Waals surface area (Å²) >= 11 is 1.18. The highest BCUT2D eigenvalue weighted by molar-refractivity contribution is 7.15. The number of nitrogens with one attached hydrogen (secondary N) is 1. The van der Waals surface area contributed by atoms with Gasteiger partial charge in [0.05, 0.1) is 12.9 Å². The summed E-state index contributed by atoms with van der Waals surface area (Å²) < 4.78 is 15.6. The molecule has 1 amide bonds. The Balaban J connectivity index is 1.57. The van der Waals surface area contributed by atoms with Gasteiger partial charge in [0.25, 0.3) is 5.91 Å². The number of carbonyl (C=O) groups is 3. The number of hydrogen-bond donors (Lipinski definition) is 1. The first kappa shape index (κ1) is 21.1. The van der Waals surface area contributed by atoms with Crippen molar-refractivity contribution in [3.05, 3.63) is 29.3 Å². The van der Waals surface area contributed by atoms with Crippen LogP contribution in [0.15, 0.2) is 28.2 Å². The van der Waals surface area contributed by atoms with Crippen LogP contribution in [-0.4, -0.2) is 31.1 Å². The second-order valence-electron chi connectivity index (χ2n) is 6.95. The summed E-state index contributed by atoms with van der Waals surface area (Å²) in [5.74, 6) is -0.334. The Kier molecular flexibility index (Phi) is 7.46. The third kappa shape index (κ3) is 5.69. The highest BCUT2D eigenvalue weighted by atomic mass is 32.1. The Morgan fingerprint density at radius 2 is 2.03 bits per heavy atom. The minimum atomic E-state index is -0.552. The van der Waals surface area contributed by atoms with E-state index in [-0.39, 0.29) is 24.7 Å². The predicted molar refractivity (Wildman–Crippen MR) is 109 cm³/mol. The van der Waals surface area contributed by atoms with Gasteiger partial charge >= 0.3 is 11.9 Å². The molecule has 0 aliphatic heterocycles. The van der Waals surface area contributed by atoms with Gasteiger partial charge in [-0.15, -0.1) is 11.3 Å². The zero-order valence-corrected chi connectivity index (χ0v) is 17.2. The largest absolute Gasteiger partial charge is 0.464 e. The summed E-state index contributed by atoms with van der Waals surface area (Å²) in [7, 11) is 0. The van der Waals surface area contributed by atoms with Crippen molar-refractivity contribution in [2.24, 2.45) is 5.92 Å². The van der Waals surface area contributed by atoms with E-state index in [9.17, 15) is 14.4 Å². The lowest BCUT2D eigenvalue weighted by molar-refractivity contribution is -0.147. The number of rotatable bonds is 9. The Hall–Kier alpha value is -2.61. The average Bonchev–Trinajstić information content (AvgIpc) is 3.46. The van der Waals surface area contributed by atoms with Gasteiger partial charge in [0.15, 0.2) is 6.61 Å². The minimum absolute atomic E-state index is 0.207. The Morgan fingerprint density at radius 3 is 2.72 bits per heavy atom. The molecule has 1 fully saturated rings. The molecule has 2 heterocycles. The Labute approximate surface area is 173 Å². The number of furan rings is 1. The average molecular weight is 419 g/mol. The van der Waals surface area contributed by atoms with E-state index in [0.717, 1.165) is 6.42 Å². The molecule has 0 radical (unpaired) electrons. The molecule has 8 heteroatoms. The zero-order chi connectivity index (χ0) is 20.6. The van der Waals surface area contributed by atoms with Crippen LogP contribution < -0.4 is 5.32 Å². The number of thiophene rings is 1. The van der Waals surface area contributed by atoms with Crippen LogP contribution in [0.4, 0.5) is 5.00 Å². The second-order valence-corrected chi connectivity index (χ2v) is 7.83. The Morgan fingerprint density at radius 1 is 1.24 bits per heavy atom. The first-order valence-corrected chi connectivity index (χ1v) is 10.7. The summed E-state index contributed by atoms with van der Waals surface area (Å²) in [6.45, 7) is 1.53. The number of anilines is 1. The molecule has 0 atom stereocenters. The molecule has 0 aromatic carbocycles. The molecule has 3 rings (SSSR count). The van der Waals surface area contributed by atoms with E-state index in [1.54, 1.807) is 24.4 Å². The maximum atomic E-state index is 12.4. The van der Waals surface area contributed by atoms with Crippen LogP contribution in [-0.2, 0) is 19.1 Å². The topological polar surface area (TPSA) is 94.8 Å². The molecule has 29 heavy (non-hydrogen) atoms. The molecule has 156 valence electrons. The number of hydrogen-bond acceptors (Lipinski definition) is 7. The van der Waals surface area contributed by atoms with E-state index < -0.39 is 11.9 Å². The number of carbonyl (C=O) groups excluding carboxylic acids is 3. The van der Waals surface area contributed by atoms with Crippen LogP contribution in [0.25, 0.3) is 11.3 Å². The fourth-order valence-corrected chi connectivity index (χ4v) is 4.42. The van der Waals surface area contributed by atoms with Crippen molar-refractivity contribution in [1.29, 1.82) is 0 Å². The van der Waals surface area contributed by atoms with Crippen molar-refractivity contribution in [2.45, 2.75) is 45.4 Å². The van der Waals surface area contributed by atoms with Crippen molar-refractivity contribution >= 4 is 34.2 Å². The standard InChI is InChI=1S/C21H25NO6S/c1-2-26-21(25)19-15(16-8-5-11-27-16)13-29-20(19)22-17(23)12-28-18(24)10-9-14-6-3-4-7-14/h5,8,11,13-14H,2-4,6-7,9-10,12H2,1H3,(H,22,23). The van der Waals surface area contributed by atoms with Crippen molar-refractivity contribution in [1.82, 2.24) is 0 Å². The maximum Gasteiger partial charge on any atom is 0.341 e. The number of amides is 1. The summed E-state index contributed by atoms with van der Waals surface area (Å²) in [5.41, 5.74) is 0.773. The zero-order valence-electron chi connectivity index (χ0n) is 16.4. The lowest BCUT2D eigenvalue weighted by atomic mass is 10.0. The van der Waals surface area contributed by atoms with Gasteiger partial charge in [-0.1, -0.05) is 25.7 Å². The van der Waals surface area contributed by atoms with E-state index in [1.165, 1.54) is 43.3 Å². The first-order valence-electron chi connectivity index (χ1n) is 9.86. The summed E-state index contributed by atoms with van der Waals surface area (Å²) in [4.78, 5) is 36.5. The minimum Gasteiger partial charge on any atom is -0.464 e. The number of esters is 2. The molecule has 7 nitrogen and oxygen atoms in total. The molecule has 2 aromatic rings. The highest BCUT2D eigenvalue weighted by Gasteiger charge is 2.24. The van der Waals surface area contributed by atoms with Gasteiger partial charge in [0.1, 0.15) is 16.3 Å². The SMILES string of the molecule is CCOC(=O)c1c(-c2ccco2)csc1NC(=O)COC(=O)CCC1CCCC1. The van der Waals surface area contributed by atoms with Crippen LogP contribution in [0, 0.1) is 5.92 Å². The fraction of sp³-hybridized carbons (Fsp3) is 0.476. The first-order chi connectivity index (χ1) is 14.1. The van der Waals surface area contributed by atoms with E-state index in [0.29, 0.717) is 28.7 Å². The smallest absolute Gasteiger partial charge is 0.341 e. The van der Waals surface area contributed by atoms with Gasteiger partial charge in [0, 0.05) is 17.4 Å². The van der Waals surface area contributed by atoms with Crippen LogP contribution in [0.1, 0.15) is 55.8 Å². The van der Waals surface area contributed by atoms with Gasteiger partial charge in [-0.25, -0.2) is 4.79 Å². The molecule has 0 unspecified atom stereocenters. The quantitative estimate of drug-likeness (QED) is 0.595. The van der Waals surface area contributed by atoms with Gasteiger partial charge in [-0.05, 0) is 31.4 Å². The normalized spacial score (nSPS) is 14.0. The molecule has 2 aromatic heterocycles. The highest BCUT2D eigenvalue weighted by Crippen LogP contribution is 2.36. The summed E-state index contributed by atoms with van der Waals surface area (Å²) in [5, 5.41) is 4.70. The van der Waals surface area contributed by atoms with Gasteiger partial charge in [-0.2, -0.15) is 0 Å². The molecule has 0 bridgehead atoms. The third-order valence-corrected chi connectivity index (χ3v) is 5.80. The molecule has 1 aliphatic rings. The van der Waals surface area contributed by atoms with E-state index in [2.05, 4.69) is 5.32 Å². The van der Waals surface area contributed by atoms with Crippen LogP contribution >= 0.6 is 11.3 Å². The van der Waals surface area contributed by atoms with Crippen molar-refractivity contribution < 1.29 is 28.3 Å². The van der Waals surface area contributed by atoms with Gasteiger partial charge in [0.2, 0.25) is 0 Å². The Bertz CT molecular complexity index is 835. The van der Waals surface area contributed by atoms with E-state index in [1.807, 2.05) is 0 Å². The molecular formula is C21H25NO6S. The van der Waals surface area contributed by atoms with E-state index in [4.69, 9.17) is 13.9 Å². The molecule has 0 saturated heterocycles. The number of ether oxygens (including phenoxy) is 2. The molecule has 1 N–H and O–H groups in total. The lowest BCUT2D eigenvalue weighted by Gasteiger charge is -2.10. The third-order valence-electron chi connectivity index (χ3n) is 4.91. The molecular weight excluding hydrogens is 394 g/mol. The monoisotopic (exact) mass is 419 g/mol. The van der Waals surface area contributed by atoms with Crippen LogP contribution in [0.2, 0.25) is 0 Å². The van der Waals surface area contributed by atoms with Crippen molar-refractivity contribution in [3.8, 4) is 11.3 Å². The lowest BCUT2D eigenvalue weighted by Crippen LogP contribution is -2.22. The summed E-state index contributed by atoms with van der Waals surface area (Å²) in [6, 6.07) is 3.44. The second kappa shape index (κ2) is 10.2. The molecule has 1 aliphatic carbocycles.